The Kier molecular flexibility index (Phi) is 6.36. The van der Waals surface area contributed by atoms with Gasteiger partial charge in [0.1, 0.15) is 6.04 Å². The summed E-state index contributed by atoms with van der Waals surface area (Å²) in [5.74, 6) is -0.503. The molecular formula is C24H33N5O4. The van der Waals surface area contributed by atoms with E-state index in [0.29, 0.717) is 23.6 Å². The largest absolute Gasteiger partial charge is 0.420 e. The maximum Gasteiger partial charge on any atom is 0.420 e. The van der Waals surface area contributed by atoms with E-state index in [0.717, 1.165) is 50.7 Å². The molecule has 0 spiro atoms. The van der Waals surface area contributed by atoms with Crippen LogP contribution in [0, 0.1) is 5.92 Å². The number of fused-ring (bicyclic) bond motifs is 1. The smallest absolute Gasteiger partial charge is 0.408 e. The first-order chi connectivity index (χ1) is 16.0. The number of aromatic nitrogens is 1. The first kappa shape index (κ1) is 22.3. The van der Waals surface area contributed by atoms with E-state index in [9.17, 15) is 14.4 Å². The lowest BCUT2D eigenvalue weighted by atomic mass is 9.96. The number of benzene rings is 1. The summed E-state index contributed by atoms with van der Waals surface area (Å²) in [4.78, 5) is 41.3. The van der Waals surface area contributed by atoms with Crippen molar-refractivity contribution in [2.24, 2.45) is 5.92 Å². The molecular weight excluding hydrogens is 422 g/mol. The second-order valence-electron chi connectivity index (χ2n) is 9.78. The number of carbonyl (C=O) groups is 2. The zero-order chi connectivity index (χ0) is 22.9. The Morgan fingerprint density at radius 3 is 2.67 bits per heavy atom. The van der Waals surface area contributed by atoms with Crippen LogP contribution < -0.4 is 16.4 Å². The molecule has 3 aliphatic heterocycles. The molecule has 2 aromatic rings. The van der Waals surface area contributed by atoms with E-state index in [2.05, 4.69) is 27.4 Å². The molecule has 0 bridgehead atoms. The van der Waals surface area contributed by atoms with Crippen molar-refractivity contribution < 1.29 is 14.0 Å². The van der Waals surface area contributed by atoms with E-state index in [-0.39, 0.29) is 12.3 Å². The Hall–Kier alpha value is -2.49. The second-order valence-corrected chi connectivity index (χ2v) is 9.78. The number of amides is 2. The molecule has 3 saturated heterocycles. The van der Waals surface area contributed by atoms with Crippen LogP contribution in [0.3, 0.4) is 0 Å². The zero-order valence-electron chi connectivity index (χ0n) is 19.2. The van der Waals surface area contributed by atoms with Gasteiger partial charge in [-0.2, -0.15) is 0 Å². The normalized spacial score (nSPS) is 26.1. The highest BCUT2D eigenvalue weighted by atomic mass is 16.4. The van der Waals surface area contributed by atoms with Gasteiger partial charge in [0.25, 0.3) is 0 Å². The topological polar surface area (TPSA) is 99.8 Å². The van der Waals surface area contributed by atoms with Gasteiger partial charge in [-0.1, -0.05) is 6.07 Å². The molecule has 2 amide bonds. The van der Waals surface area contributed by atoms with E-state index < -0.39 is 17.7 Å². The molecule has 1 unspecified atom stereocenters. The molecule has 1 aromatic carbocycles. The summed E-state index contributed by atoms with van der Waals surface area (Å²) in [6.07, 6.45) is 3.07. The van der Waals surface area contributed by atoms with Gasteiger partial charge in [0, 0.05) is 45.2 Å². The van der Waals surface area contributed by atoms with Gasteiger partial charge in [0.2, 0.25) is 11.8 Å². The SMILES string of the molecule is C[C@H]1CN(Cc2ccc3c(c2)oc(=O)n3C2CCC(=O)NC2=O)CCN1CC1CCNCC1. The monoisotopic (exact) mass is 455 g/mol. The second kappa shape index (κ2) is 9.40. The Morgan fingerprint density at radius 1 is 1.09 bits per heavy atom. The number of piperazine rings is 1. The minimum absolute atomic E-state index is 0.218. The number of hydrogen-bond donors (Lipinski definition) is 2. The van der Waals surface area contributed by atoms with Gasteiger partial charge < -0.3 is 9.73 Å². The van der Waals surface area contributed by atoms with Gasteiger partial charge in [0.15, 0.2) is 5.58 Å². The fourth-order valence-electron chi connectivity index (χ4n) is 5.54. The quantitative estimate of drug-likeness (QED) is 0.651. The third-order valence-corrected chi connectivity index (χ3v) is 7.41. The van der Waals surface area contributed by atoms with E-state index >= 15 is 0 Å². The van der Waals surface area contributed by atoms with Crippen molar-refractivity contribution in [1.82, 2.24) is 25.0 Å². The van der Waals surface area contributed by atoms with Crippen molar-refractivity contribution in [2.75, 3.05) is 39.3 Å². The number of imide groups is 1. The molecule has 3 fully saturated rings. The standard InChI is InChI=1S/C24H33N5O4/c1-16-13-27(10-11-28(16)15-17-6-8-25-9-7-17)14-18-2-3-19-21(12-18)33-24(32)29(19)20-4-5-22(30)26-23(20)31/h2-3,12,16-17,20,25H,4-11,13-15H2,1H3,(H,26,30,31)/t16-,20?/m0/s1. The maximum absolute atomic E-state index is 12.5. The Labute approximate surface area is 193 Å². The van der Waals surface area contributed by atoms with Gasteiger partial charge in [-0.3, -0.25) is 29.3 Å². The molecule has 0 saturated carbocycles. The molecule has 4 heterocycles. The number of carbonyl (C=O) groups excluding carboxylic acids is 2. The lowest BCUT2D eigenvalue weighted by molar-refractivity contribution is -0.135. The lowest BCUT2D eigenvalue weighted by Crippen LogP contribution is -2.53. The fraction of sp³-hybridized carbons (Fsp3) is 0.625. The Morgan fingerprint density at radius 2 is 1.91 bits per heavy atom. The molecule has 2 atom stereocenters. The number of rotatable bonds is 5. The van der Waals surface area contributed by atoms with E-state index in [1.165, 1.54) is 24.0 Å². The molecule has 2 N–H and O–H groups in total. The Balaban J connectivity index is 1.24. The molecule has 5 rings (SSSR count). The zero-order valence-corrected chi connectivity index (χ0v) is 19.2. The van der Waals surface area contributed by atoms with Crippen LogP contribution in [-0.4, -0.2) is 71.5 Å². The van der Waals surface area contributed by atoms with Crippen LogP contribution in [0.1, 0.15) is 44.2 Å². The average Bonchev–Trinajstić information content (AvgIpc) is 3.11. The molecule has 0 radical (unpaired) electrons. The third kappa shape index (κ3) is 4.76. The highest BCUT2D eigenvalue weighted by molar-refractivity contribution is 6.00. The van der Waals surface area contributed by atoms with Crippen LogP contribution in [0.2, 0.25) is 0 Å². The molecule has 3 aliphatic rings. The molecule has 33 heavy (non-hydrogen) atoms. The van der Waals surface area contributed by atoms with Crippen molar-refractivity contribution >= 4 is 22.9 Å². The van der Waals surface area contributed by atoms with E-state index in [4.69, 9.17) is 4.42 Å². The van der Waals surface area contributed by atoms with Crippen LogP contribution >= 0.6 is 0 Å². The van der Waals surface area contributed by atoms with Gasteiger partial charge in [0.05, 0.1) is 5.52 Å². The van der Waals surface area contributed by atoms with Gasteiger partial charge in [-0.15, -0.1) is 0 Å². The summed E-state index contributed by atoms with van der Waals surface area (Å²) in [6, 6.07) is 5.58. The summed E-state index contributed by atoms with van der Waals surface area (Å²) < 4.78 is 6.87. The molecule has 0 aliphatic carbocycles. The van der Waals surface area contributed by atoms with Crippen molar-refractivity contribution in [1.29, 1.82) is 0 Å². The molecule has 9 heteroatoms. The number of hydrogen-bond acceptors (Lipinski definition) is 7. The predicted molar refractivity (Wildman–Crippen MR) is 124 cm³/mol. The van der Waals surface area contributed by atoms with Crippen LogP contribution in [0.25, 0.3) is 11.1 Å². The van der Waals surface area contributed by atoms with Crippen molar-refractivity contribution in [3.63, 3.8) is 0 Å². The first-order valence-corrected chi connectivity index (χ1v) is 12.1. The number of piperidine rings is 2. The average molecular weight is 456 g/mol. The molecule has 1 aromatic heterocycles. The fourth-order valence-corrected chi connectivity index (χ4v) is 5.54. The lowest BCUT2D eigenvalue weighted by Gasteiger charge is -2.42. The highest BCUT2D eigenvalue weighted by Crippen LogP contribution is 2.25. The minimum Gasteiger partial charge on any atom is -0.408 e. The van der Waals surface area contributed by atoms with Crippen molar-refractivity contribution in [2.45, 2.75) is 51.2 Å². The minimum atomic E-state index is -0.712. The number of nitrogens with zero attached hydrogens (tertiary/aromatic N) is 3. The summed E-state index contributed by atoms with van der Waals surface area (Å²) >= 11 is 0. The molecule has 178 valence electrons. The number of oxazole rings is 1. The summed E-state index contributed by atoms with van der Waals surface area (Å²) in [6.45, 7) is 9.71. The van der Waals surface area contributed by atoms with E-state index in [1.807, 2.05) is 18.2 Å². The van der Waals surface area contributed by atoms with Crippen LogP contribution in [0.4, 0.5) is 0 Å². The third-order valence-electron chi connectivity index (χ3n) is 7.41. The van der Waals surface area contributed by atoms with Gasteiger partial charge >= 0.3 is 5.76 Å². The van der Waals surface area contributed by atoms with Gasteiger partial charge in [-0.25, -0.2) is 4.79 Å². The summed E-state index contributed by atoms with van der Waals surface area (Å²) in [7, 11) is 0. The maximum atomic E-state index is 12.5. The highest BCUT2D eigenvalue weighted by Gasteiger charge is 2.31. The van der Waals surface area contributed by atoms with Gasteiger partial charge in [-0.05, 0) is 62.9 Å². The van der Waals surface area contributed by atoms with Crippen LogP contribution in [0.5, 0.6) is 0 Å². The van der Waals surface area contributed by atoms with E-state index in [1.54, 1.807) is 0 Å². The Bertz CT molecular complexity index is 1090. The summed E-state index contributed by atoms with van der Waals surface area (Å²) in [5, 5.41) is 5.76. The summed E-state index contributed by atoms with van der Waals surface area (Å²) in [5.41, 5.74) is 2.17. The molecule has 9 nitrogen and oxygen atoms in total. The first-order valence-electron chi connectivity index (χ1n) is 12.1. The van der Waals surface area contributed by atoms with Crippen LogP contribution in [0.15, 0.2) is 27.4 Å². The van der Waals surface area contributed by atoms with Crippen molar-refractivity contribution in [3.05, 3.63) is 34.3 Å². The van der Waals surface area contributed by atoms with Crippen LogP contribution in [-0.2, 0) is 16.1 Å². The van der Waals surface area contributed by atoms with Crippen molar-refractivity contribution in [3.8, 4) is 0 Å². The number of nitrogens with one attached hydrogen (secondary N) is 2. The predicted octanol–water partition coefficient (Wildman–Crippen LogP) is 1.08.